The molecule has 0 saturated carbocycles. The summed E-state index contributed by atoms with van der Waals surface area (Å²) >= 11 is 0. The summed E-state index contributed by atoms with van der Waals surface area (Å²) in [5.74, 6) is 0.934. The van der Waals surface area contributed by atoms with E-state index >= 15 is 0 Å². The fraction of sp³-hybridized carbons (Fsp3) is 0.917. The van der Waals surface area contributed by atoms with Crippen molar-refractivity contribution in [1.82, 2.24) is 10.2 Å². The van der Waals surface area contributed by atoms with Gasteiger partial charge in [0.05, 0.1) is 13.0 Å². The van der Waals surface area contributed by atoms with Crippen LogP contribution in [0.1, 0.15) is 26.7 Å². The van der Waals surface area contributed by atoms with Crippen LogP contribution in [-0.4, -0.2) is 49.2 Å². The van der Waals surface area contributed by atoms with Crippen molar-refractivity contribution in [1.29, 1.82) is 0 Å². The molecule has 4 nitrogen and oxygen atoms in total. The van der Waals surface area contributed by atoms with Crippen molar-refractivity contribution >= 4 is 5.91 Å². The first-order valence-corrected chi connectivity index (χ1v) is 6.33. The summed E-state index contributed by atoms with van der Waals surface area (Å²) in [4.78, 5) is 14.2. The molecule has 3 unspecified atom stereocenters. The van der Waals surface area contributed by atoms with Crippen molar-refractivity contribution in [3.63, 3.8) is 0 Å². The van der Waals surface area contributed by atoms with Crippen LogP contribution in [0.15, 0.2) is 0 Å². The Bertz CT molecular complexity index is 257. The van der Waals surface area contributed by atoms with Gasteiger partial charge in [0.15, 0.2) is 0 Å². The lowest BCUT2D eigenvalue weighted by Crippen LogP contribution is -2.43. The first-order valence-electron chi connectivity index (χ1n) is 6.33. The Hall–Kier alpha value is -0.610. The molecule has 2 heterocycles. The van der Waals surface area contributed by atoms with Gasteiger partial charge in [-0.05, 0) is 26.2 Å². The summed E-state index contributed by atoms with van der Waals surface area (Å²) in [6.07, 6.45) is 1.68. The third-order valence-corrected chi connectivity index (χ3v) is 3.73. The van der Waals surface area contributed by atoms with Crippen LogP contribution in [0.3, 0.4) is 0 Å². The molecular formula is C12H22N2O2. The standard InChI is InChI=1S/C12H22N2O2/c1-3-16-5-4-12(15)14-9(2)6-10-7-13-8-11(10)14/h9-11,13H,3-8H2,1-2H3. The summed E-state index contributed by atoms with van der Waals surface area (Å²) < 4.78 is 5.25. The fourth-order valence-corrected chi connectivity index (χ4v) is 3.03. The lowest BCUT2D eigenvalue weighted by Gasteiger charge is -2.27. The van der Waals surface area contributed by atoms with Gasteiger partial charge in [-0.1, -0.05) is 0 Å². The van der Waals surface area contributed by atoms with E-state index in [1.165, 1.54) is 0 Å². The zero-order chi connectivity index (χ0) is 11.5. The molecule has 0 aromatic heterocycles. The molecule has 0 aromatic rings. The van der Waals surface area contributed by atoms with Gasteiger partial charge < -0.3 is 15.0 Å². The van der Waals surface area contributed by atoms with Crippen LogP contribution in [0.5, 0.6) is 0 Å². The average molecular weight is 226 g/mol. The normalized spacial score (nSPS) is 33.1. The molecule has 2 aliphatic heterocycles. The highest BCUT2D eigenvalue weighted by atomic mass is 16.5. The van der Waals surface area contributed by atoms with E-state index in [2.05, 4.69) is 17.1 Å². The number of nitrogens with one attached hydrogen (secondary N) is 1. The lowest BCUT2D eigenvalue weighted by molar-refractivity contribution is -0.134. The number of hydrogen-bond donors (Lipinski definition) is 1. The SMILES string of the molecule is CCOCCC(=O)N1C(C)CC2CNCC21. The van der Waals surface area contributed by atoms with Gasteiger partial charge >= 0.3 is 0 Å². The highest BCUT2D eigenvalue weighted by Crippen LogP contribution is 2.32. The maximum absolute atomic E-state index is 12.1. The van der Waals surface area contributed by atoms with Gasteiger partial charge in [-0.15, -0.1) is 0 Å². The summed E-state index contributed by atoms with van der Waals surface area (Å²) in [7, 11) is 0. The molecule has 16 heavy (non-hydrogen) atoms. The maximum atomic E-state index is 12.1. The number of carbonyl (C=O) groups is 1. The Labute approximate surface area is 97.3 Å². The molecule has 2 fully saturated rings. The predicted octanol–water partition coefficient (Wildman–Crippen LogP) is 0.622. The zero-order valence-corrected chi connectivity index (χ0v) is 10.2. The van der Waals surface area contributed by atoms with Crippen molar-refractivity contribution in [3.05, 3.63) is 0 Å². The van der Waals surface area contributed by atoms with Gasteiger partial charge in [0.1, 0.15) is 0 Å². The van der Waals surface area contributed by atoms with Crippen LogP contribution in [0.25, 0.3) is 0 Å². The largest absolute Gasteiger partial charge is 0.381 e. The number of rotatable bonds is 4. The smallest absolute Gasteiger partial charge is 0.225 e. The van der Waals surface area contributed by atoms with Crippen molar-refractivity contribution in [2.75, 3.05) is 26.3 Å². The van der Waals surface area contributed by atoms with Crippen molar-refractivity contribution in [2.24, 2.45) is 5.92 Å². The molecule has 2 aliphatic rings. The molecule has 0 spiro atoms. The van der Waals surface area contributed by atoms with Crippen LogP contribution >= 0.6 is 0 Å². The second-order valence-corrected chi connectivity index (χ2v) is 4.82. The van der Waals surface area contributed by atoms with E-state index in [0.717, 1.165) is 19.5 Å². The van der Waals surface area contributed by atoms with Gasteiger partial charge in [-0.25, -0.2) is 0 Å². The fourth-order valence-electron chi connectivity index (χ4n) is 3.03. The van der Waals surface area contributed by atoms with E-state index in [1.807, 2.05) is 6.92 Å². The highest BCUT2D eigenvalue weighted by molar-refractivity contribution is 5.77. The van der Waals surface area contributed by atoms with Crippen LogP contribution < -0.4 is 5.32 Å². The van der Waals surface area contributed by atoms with Gasteiger partial charge in [-0.2, -0.15) is 0 Å². The summed E-state index contributed by atoms with van der Waals surface area (Å²) in [6, 6.07) is 0.843. The predicted molar refractivity (Wildman–Crippen MR) is 62.2 cm³/mol. The van der Waals surface area contributed by atoms with E-state index in [-0.39, 0.29) is 5.91 Å². The first-order chi connectivity index (χ1) is 7.74. The van der Waals surface area contributed by atoms with Gasteiger partial charge in [-0.3, -0.25) is 4.79 Å². The zero-order valence-electron chi connectivity index (χ0n) is 10.2. The number of amides is 1. The monoisotopic (exact) mass is 226 g/mol. The Morgan fingerprint density at radius 3 is 3.06 bits per heavy atom. The van der Waals surface area contributed by atoms with Crippen LogP contribution in [0, 0.1) is 5.92 Å². The van der Waals surface area contributed by atoms with Crippen LogP contribution in [0.2, 0.25) is 0 Å². The Kier molecular flexibility index (Phi) is 3.82. The second kappa shape index (κ2) is 5.15. The molecule has 4 heteroatoms. The van der Waals surface area contributed by atoms with E-state index in [0.29, 0.717) is 37.6 Å². The summed E-state index contributed by atoms with van der Waals surface area (Å²) in [5, 5.41) is 3.37. The van der Waals surface area contributed by atoms with E-state index in [9.17, 15) is 4.79 Å². The summed E-state index contributed by atoms with van der Waals surface area (Å²) in [5.41, 5.74) is 0. The third-order valence-electron chi connectivity index (χ3n) is 3.73. The number of ether oxygens (including phenoxy) is 1. The molecule has 2 saturated heterocycles. The van der Waals surface area contributed by atoms with Gasteiger partial charge in [0, 0.05) is 31.8 Å². The van der Waals surface area contributed by atoms with E-state index < -0.39 is 0 Å². The first kappa shape index (κ1) is 11.9. The van der Waals surface area contributed by atoms with E-state index in [1.54, 1.807) is 0 Å². The quantitative estimate of drug-likeness (QED) is 0.715. The van der Waals surface area contributed by atoms with Crippen LogP contribution in [-0.2, 0) is 9.53 Å². The molecule has 2 rings (SSSR count). The third kappa shape index (κ3) is 2.23. The van der Waals surface area contributed by atoms with Gasteiger partial charge in [0.25, 0.3) is 0 Å². The number of carbonyl (C=O) groups excluding carboxylic acids is 1. The topological polar surface area (TPSA) is 41.6 Å². The maximum Gasteiger partial charge on any atom is 0.225 e. The number of nitrogens with zero attached hydrogens (tertiary/aromatic N) is 1. The molecule has 3 atom stereocenters. The minimum atomic E-state index is 0.261. The Balaban J connectivity index is 1.89. The number of likely N-dealkylation sites (tertiary alicyclic amines) is 1. The van der Waals surface area contributed by atoms with Gasteiger partial charge in [0.2, 0.25) is 5.91 Å². The highest BCUT2D eigenvalue weighted by Gasteiger charge is 2.43. The molecule has 0 radical (unpaired) electrons. The molecule has 92 valence electrons. The van der Waals surface area contributed by atoms with E-state index in [4.69, 9.17) is 4.74 Å². The van der Waals surface area contributed by atoms with Crippen molar-refractivity contribution in [3.8, 4) is 0 Å². The average Bonchev–Trinajstić information content (AvgIpc) is 2.77. The van der Waals surface area contributed by atoms with Crippen molar-refractivity contribution < 1.29 is 9.53 Å². The van der Waals surface area contributed by atoms with Crippen LogP contribution in [0.4, 0.5) is 0 Å². The summed E-state index contributed by atoms with van der Waals surface area (Å²) in [6.45, 7) is 7.41. The molecule has 0 bridgehead atoms. The Morgan fingerprint density at radius 1 is 1.50 bits per heavy atom. The molecule has 0 aliphatic carbocycles. The minimum Gasteiger partial charge on any atom is -0.381 e. The lowest BCUT2D eigenvalue weighted by atomic mass is 10.0. The van der Waals surface area contributed by atoms with Crippen molar-refractivity contribution in [2.45, 2.75) is 38.8 Å². The molecule has 1 N–H and O–H groups in total. The Morgan fingerprint density at radius 2 is 2.31 bits per heavy atom. The molecular weight excluding hydrogens is 204 g/mol. The molecule has 1 amide bonds. The minimum absolute atomic E-state index is 0.261. The molecule has 0 aromatic carbocycles. The number of fused-ring (bicyclic) bond motifs is 1. The second-order valence-electron chi connectivity index (χ2n) is 4.82. The number of hydrogen-bond acceptors (Lipinski definition) is 3.